The van der Waals surface area contributed by atoms with Crippen molar-refractivity contribution < 1.29 is 19.4 Å². The van der Waals surface area contributed by atoms with Crippen LogP contribution in [-0.4, -0.2) is 25.3 Å². The Bertz CT molecular complexity index is 548. The van der Waals surface area contributed by atoms with Crippen LogP contribution in [0.15, 0.2) is 10.5 Å². The van der Waals surface area contributed by atoms with Gasteiger partial charge in [0.2, 0.25) is 0 Å². The molecule has 0 aromatic heterocycles. The lowest BCUT2D eigenvalue weighted by Gasteiger charge is -2.35. The molecule has 1 fully saturated rings. The van der Waals surface area contributed by atoms with Gasteiger partial charge in [-0.25, -0.2) is 0 Å². The van der Waals surface area contributed by atoms with Gasteiger partial charge in [-0.3, -0.25) is 4.79 Å². The van der Waals surface area contributed by atoms with Crippen molar-refractivity contribution in [3.8, 4) is 11.5 Å². The molecule has 0 unspecified atom stereocenters. The third-order valence-corrected chi connectivity index (χ3v) is 5.44. The average Bonchev–Trinajstić information content (AvgIpc) is 2.50. The van der Waals surface area contributed by atoms with Gasteiger partial charge in [0.25, 0.3) is 0 Å². The van der Waals surface area contributed by atoms with Crippen LogP contribution in [0, 0.1) is 6.92 Å². The Hall–Kier alpha value is -1.23. The molecule has 1 N–H and O–H groups in total. The molecule has 1 aromatic carbocycles. The number of rotatable bonds is 4. The second kappa shape index (κ2) is 6.26. The molecule has 5 heteroatoms. The van der Waals surface area contributed by atoms with Gasteiger partial charge in [-0.05, 0) is 52.9 Å². The summed E-state index contributed by atoms with van der Waals surface area (Å²) < 4.78 is 11.5. The second-order valence-corrected chi connectivity index (χ2v) is 6.34. The molecule has 0 aliphatic heterocycles. The smallest absolute Gasteiger partial charge is 0.314 e. The summed E-state index contributed by atoms with van der Waals surface area (Å²) in [7, 11) is 3.15. The summed E-state index contributed by atoms with van der Waals surface area (Å²) in [4.78, 5) is 12.0. The quantitative estimate of drug-likeness (QED) is 0.883. The maximum absolute atomic E-state index is 12.0. The number of methoxy groups -OCH3 is 2. The molecule has 1 aliphatic rings. The van der Waals surface area contributed by atoms with Crippen molar-refractivity contribution in [2.45, 2.75) is 44.4 Å². The molecule has 21 heavy (non-hydrogen) atoms. The second-order valence-electron chi connectivity index (χ2n) is 5.55. The van der Waals surface area contributed by atoms with Gasteiger partial charge in [-0.1, -0.05) is 19.3 Å². The lowest BCUT2D eigenvalue weighted by atomic mass is 9.68. The van der Waals surface area contributed by atoms with Gasteiger partial charge >= 0.3 is 5.97 Å². The van der Waals surface area contributed by atoms with E-state index in [1.165, 1.54) is 0 Å². The van der Waals surface area contributed by atoms with Crippen LogP contribution in [-0.2, 0) is 10.2 Å². The minimum absolute atomic E-state index is 0.566. The fourth-order valence-corrected chi connectivity index (χ4v) is 3.87. The summed E-state index contributed by atoms with van der Waals surface area (Å²) in [5.41, 5.74) is 0.931. The minimum Gasteiger partial charge on any atom is -0.493 e. The molecule has 1 saturated carbocycles. The van der Waals surface area contributed by atoms with Crippen molar-refractivity contribution in [1.29, 1.82) is 0 Å². The Labute approximate surface area is 133 Å². The molecule has 0 heterocycles. The number of hydrogen-bond acceptors (Lipinski definition) is 3. The number of halogens is 1. The summed E-state index contributed by atoms with van der Waals surface area (Å²) in [5.74, 6) is 0.427. The number of benzene rings is 1. The molecule has 0 saturated heterocycles. The lowest BCUT2D eigenvalue weighted by Crippen LogP contribution is -2.38. The standard InChI is InChI=1S/C16H21BrO4/c1-10-11(9-12(20-2)14(21-3)13(10)17)16(15(18)19)7-5-4-6-8-16/h9H,4-8H2,1-3H3,(H,18,19). The fourth-order valence-electron chi connectivity index (χ4n) is 3.29. The minimum atomic E-state index is -0.815. The van der Waals surface area contributed by atoms with Crippen LogP contribution in [0.1, 0.15) is 43.2 Å². The zero-order valence-corrected chi connectivity index (χ0v) is 14.2. The van der Waals surface area contributed by atoms with Crippen LogP contribution in [0.3, 0.4) is 0 Å². The predicted octanol–water partition coefficient (Wildman–Crippen LogP) is 4.06. The monoisotopic (exact) mass is 356 g/mol. The summed E-state index contributed by atoms with van der Waals surface area (Å²) in [6.07, 6.45) is 4.33. The van der Waals surface area contributed by atoms with Gasteiger partial charge in [-0.2, -0.15) is 0 Å². The van der Waals surface area contributed by atoms with Crippen LogP contribution in [0.2, 0.25) is 0 Å². The highest BCUT2D eigenvalue weighted by molar-refractivity contribution is 9.10. The molecule has 0 spiro atoms. The van der Waals surface area contributed by atoms with Crippen molar-refractivity contribution in [2.75, 3.05) is 14.2 Å². The van der Waals surface area contributed by atoms with Gasteiger partial charge in [0.05, 0.1) is 24.1 Å². The Balaban J connectivity index is 2.66. The third kappa shape index (κ3) is 2.63. The Morgan fingerprint density at radius 1 is 1.24 bits per heavy atom. The first kappa shape index (κ1) is 16.1. The number of ether oxygens (including phenoxy) is 2. The van der Waals surface area contributed by atoms with Gasteiger partial charge < -0.3 is 14.6 Å². The molecule has 0 bridgehead atoms. The molecular weight excluding hydrogens is 336 g/mol. The van der Waals surface area contributed by atoms with E-state index in [0.29, 0.717) is 24.3 Å². The Kier molecular flexibility index (Phi) is 4.81. The first-order valence-electron chi connectivity index (χ1n) is 7.13. The van der Waals surface area contributed by atoms with E-state index in [9.17, 15) is 9.90 Å². The van der Waals surface area contributed by atoms with Crippen LogP contribution in [0.5, 0.6) is 11.5 Å². The van der Waals surface area contributed by atoms with Crippen LogP contribution in [0.4, 0.5) is 0 Å². The van der Waals surface area contributed by atoms with Crippen LogP contribution < -0.4 is 9.47 Å². The number of carboxylic acids is 1. The van der Waals surface area contributed by atoms with Gasteiger partial charge in [0, 0.05) is 0 Å². The molecule has 0 atom stereocenters. The first-order valence-corrected chi connectivity index (χ1v) is 7.92. The zero-order chi connectivity index (χ0) is 15.6. The maximum atomic E-state index is 12.0. The molecule has 1 aromatic rings. The number of carboxylic acid groups (broad SMARTS) is 1. The molecule has 1 aliphatic carbocycles. The normalized spacial score (nSPS) is 17.3. The molecule has 0 amide bonds. The topological polar surface area (TPSA) is 55.8 Å². The fraction of sp³-hybridized carbons (Fsp3) is 0.562. The van der Waals surface area contributed by atoms with E-state index in [1.807, 2.05) is 13.0 Å². The summed E-state index contributed by atoms with van der Waals surface area (Å²) in [6, 6.07) is 1.83. The van der Waals surface area contributed by atoms with E-state index in [2.05, 4.69) is 15.9 Å². The van der Waals surface area contributed by atoms with Crippen LogP contribution in [0.25, 0.3) is 0 Å². The molecule has 2 rings (SSSR count). The zero-order valence-electron chi connectivity index (χ0n) is 12.7. The number of carbonyl (C=O) groups is 1. The Morgan fingerprint density at radius 3 is 2.33 bits per heavy atom. The largest absolute Gasteiger partial charge is 0.493 e. The van der Waals surface area contributed by atoms with E-state index >= 15 is 0 Å². The van der Waals surface area contributed by atoms with Gasteiger partial charge in [0.15, 0.2) is 11.5 Å². The summed E-state index contributed by atoms with van der Waals surface area (Å²) in [5, 5.41) is 9.86. The maximum Gasteiger partial charge on any atom is 0.314 e. The van der Waals surface area contributed by atoms with Crippen molar-refractivity contribution in [1.82, 2.24) is 0 Å². The van der Waals surface area contributed by atoms with Crippen LogP contribution >= 0.6 is 15.9 Å². The predicted molar refractivity (Wildman–Crippen MR) is 84.4 cm³/mol. The summed E-state index contributed by atoms with van der Waals surface area (Å²) >= 11 is 3.52. The molecule has 0 radical (unpaired) electrons. The average molecular weight is 357 g/mol. The number of aliphatic carboxylic acids is 1. The SMILES string of the molecule is COc1cc(C2(C(=O)O)CCCCC2)c(C)c(Br)c1OC. The molecule has 4 nitrogen and oxygen atoms in total. The van der Waals surface area contributed by atoms with E-state index in [4.69, 9.17) is 9.47 Å². The highest BCUT2D eigenvalue weighted by atomic mass is 79.9. The highest BCUT2D eigenvalue weighted by Crippen LogP contribution is 2.47. The van der Waals surface area contributed by atoms with Crippen molar-refractivity contribution in [3.63, 3.8) is 0 Å². The lowest BCUT2D eigenvalue weighted by molar-refractivity contribution is -0.145. The van der Waals surface area contributed by atoms with E-state index < -0.39 is 11.4 Å². The van der Waals surface area contributed by atoms with Crippen molar-refractivity contribution in [2.24, 2.45) is 0 Å². The van der Waals surface area contributed by atoms with Gasteiger partial charge in [0.1, 0.15) is 0 Å². The number of hydrogen-bond donors (Lipinski definition) is 1. The van der Waals surface area contributed by atoms with E-state index in [1.54, 1.807) is 14.2 Å². The molecule has 116 valence electrons. The van der Waals surface area contributed by atoms with Crippen molar-refractivity contribution >= 4 is 21.9 Å². The summed E-state index contributed by atoms with van der Waals surface area (Å²) in [6.45, 7) is 1.93. The highest BCUT2D eigenvalue weighted by Gasteiger charge is 2.43. The van der Waals surface area contributed by atoms with E-state index in [-0.39, 0.29) is 0 Å². The van der Waals surface area contributed by atoms with E-state index in [0.717, 1.165) is 34.9 Å². The first-order chi connectivity index (χ1) is 9.97. The van der Waals surface area contributed by atoms with Crippen molar-refractivity contribution in [3.05, 3.63) is 21.7 Å². The Morgan fingerprint density at radius 2 is 1.86 bits per heavy atom. The molecular formula is C16H21BrO4. The third-order valence-electron chi connectivity index (χ3n) is 4.49. The van der Waals surface area contributed by atoms with Gasteiger partial charge in [-0.15, -0.1) is 0 Å².